The SMILES string of the molecule is Cc1ccc(CNS(=O)(=O)c2ccc3ccccc3c2)cc1Cl. The van der Waals surface area contributed by atoms with E-state index in [-0.39, 0.29) is 11.4 Å². The Balaban J connectivity index is 1.83. The summed E-state index contributed by atoms with van der Waals surface area (Å²) in [5.74, 6) is 0. The van der Waals surface area contributed by atoms with E-state index in [1.165, 1.54) is 0 Å². The molecule has 118 valence electrons. The van der Waals surface area contributed by atoms with Crippen molar-refractivity contribution < 1.29 is 8.42 Å². The highest BCUT2D eigenvalue weighted by molar-refractivity contribution is 7.89. The largest absolute Gasteiger partial charge is 0.240 e. The van der Waals surface area contributed by atoms with Gasteiger partial charge in [-0.2, -0.15) is 0 Å². The number of halogens is 1. The molecule has 3 aromatic rings. The lowest BCUT2D eigenvalue weighted by molar-refractivity contribution is 0.581. The second-order valence-electron chi connectivity index (χ2n) is 5.42. The third-order valence-electron chi connectivity index (χ3n) is 3.73. The summed E-state index contributed by atoms with van der Waals surface area (Å²) in [5, 5.41) is 2.54. The summed E-state index contributed by atoms with van der Waals surface area (Å²) in [4.78, 5) is 0.259. The Morgan fingerprint density at radius 3 is 2.43 bits per heavy atom. The van der Waals surface area contributed by atoms with Gasteiger partial charge in [0.2, 0.25) is 10.0 Å². The molecule has 0 atom stereocenters. The predicted molar refractivity (Wildman–Crippen MR) is 94.2 cm³/mol. The van der Waals surface area contributed by atoms with E-state index >= 15 is 0 Å². The van der Waals surface area contributed by atoms with Crippen LogP contribution in [0.15, 0.2) is 65.6 Å². The van der Waals surface area contributed by atoms with Gasteiger partial charge < -0.3 is 0 Å². The fourth-order valence-electron chi connectivity index (χ4n) is 2.34. The Bertz CT molecular complexity index is 968. The molecular weight excluding hydrogens is 330 g/mol. The fourth-order valence-corrected chi connectivity index (χ4v) is 3.60. The molecule has 0 saturated carbocycles. The van der Waals surface area contributed by atoms with E-state index in [9.17, 15) is 8.42 Å². The second kappa shape index (κ2) is 6.32. The lowest BCUT2D eigenvalue weighted by Gasteiger charge is -2.09. The van der Waals surface area contributed by atoms with E-state index in [0.717, 1.165) is 21.9 Å². The van der Waals surface area contributed by atoms with Crippen molar-refractivity contribution in [2.45, 2.75) is 18.4 Å². The van der Waals surface area contributed by atoms with Crippen LogP contribution in [-0.2, 0) is 16.6 Å². The first kappa shape index (κ1) is 16.0. The summed E-state index contributed by atoms with van der Waals surface area (Å²) in [6.07, 6.45) is 0. The van der Waals surface area contributed by atoms with Crippen LogP contribution in [0.4, 0.5) is 0 Å². The first-order valence-corrected chi connectivity index (χ1v) is 9.05. The molecule has 0 radical (unpaired) electrons. The molecule has 0 unspecified atom stereocenters. The van der Waals surface area contributed by atoms with Gasteiger partial charge in [-0.1, -0.05) is 54.1 Å². The van der Waals surface area contributed by atoms with Gasteiger partial charge in [0.05, 0.1) is 4.90 Å². The summed E-state index contributed by atoms with van der Waals surface area (Å²) >= 11 is 6.07. The van der Waals surface area contributed by atoms with Crippen LogP contribution >= 0.6 is 11.6 Å². The van der Waals surface area contributed by atoms with E-state index in [2.05, 4.69) is 4.72 Å². The van der Waals surface area contributed by atoms with Crippen molar-refractivity contribution in [3.8, 4) is 0 Å². The van der Waals surface area contributed by atoms with Crippen LogP contribution in [0.25, 0.3) is 10.8 Å². The molecule has 0 saturated heterocycles. The van der Waals surface area contributed by atoms with Crippen molar-refractivity contribution in [3.63, 3.8) is 0 Å². The molecular formula is C18H16ClNO2S. The molecule has 0 heterocycles. The van der Waals surface area contributed by atoms with Crippen molar-refractivity contribution in [2.75, 3.05) is 0 Å². The second-order valence-corrected chi connectivity index (χ2v) is 7.59. The zero-order valence-electron chi connectivity index (χ0n) is 12.6. The summed E-state index contributed by atoms with van der Waals surface area (Å²) in [6, 6.07) is 18.3. The van der Waals surface area contributed by atoms with Crippen molar-refractivity contribution >= 4 is 32.4 Å². The minimum absolute atomic E-state index is 0.204. The molecule has 3 nitrogen and oxygen atoms in total. The predicted octanol–water partition coefficient (Wildman–Crippen LogP) is 4.28. The third kappa shape index (κ3) is 3.55. The van der Waals surface area contributed by atoms with E-state index in [1.807, 2.05) is 49.4 Å². The number of benzene rings is 3. The van der Waals surface area contributed by atoms with E-state index in [0.29, 0.717) is 5.02 Å². The van der Waals surface area contributed by atoms with Gasteiger partial charge in [0.25, 0.3) is 0 Å². The van der Waals surface area contributed by atoms with Crippen LogP contribution in [0.2, 0.25) is 5.02 Å². The van der Waals surface area contributed by atoms with E-state index in [4.69, 9.17) is 11.6 Å². The van der Waals surface area contributed by atoms with Gasteiger partial charge in [-0.3, -0.25) is 0 Å². The fraction of sp³-hybridized carbons (Fsp3) is 0.111. The summed E-state index contributed by atoms with van der Waals surface area (Å²) in [7, 11) is -3.57. The summed E-state index contributed by atoms with van der Waals surface area (Å²) < 4.78 is 27.5. The van der Waals surface area contributed by atoms with Crippen LogP contribution < -0.4 is 4.72 Å². The molecule has 5 heteroatoms. The first-order valence-electron chi connectivity index (χ1n) is 7.19. The summed E-state index contributed by atoms with van der Waals surface area (Å²) in [5.41, 5.74) is 1.79. The average Bonchev–Trinajstić information content (AvgIpc) is 2.55. The molecule has 0 spiro atoms. The molecule has 23 heavy (non-hydrogen) atoms. The van der Waals surface area contributed by atoms with Gasteiger partial charge in [0, 0.05) is 11.6 Å². The van der Waals surface area contributed by atoms with Gasteiger partial charge in [0.15, 0.2) is 0 Å². The van der Waals surface area contributed by atoms with Crippen LogP contribution in [0, 0.1) is 6.92 Å². The Labute approximate surface area is 141 Å². The topological polar surface area (TPSA) is 46.2 Å². The Hall–Kier alpha value is -1.88. The Kier molecular flexibility index (Phi) is 4.39. The van der Waals surface area contributed by atoms with Crippen LogP contribution in [0.1, 0.15) is 11.1 Å². The summed E-state index contributed by atoms with van der Waals surface area (Å²) in [6.45, 7) is 2.11. The highest BCUT2D eigenvalue weighted by atomic mass is 35.5. The third-order valence-corrected chi connectivity index (χ3v) is 5.54. The molecule has 0 fully saturated rings. The van der Waals surface area contributed by atoms with Crippen molar-refractivity contribution in [1.29, 1.82) is 0 Å². The Morgan fingerprint density at radius 2 is 1.70 bits per heavy atom. The number of fused-ring (bicyclic) bond motifs is 1. The van der Waals surface area contributed by atoms with Crippen molar-refractivity contribution in [1.82, 2.24) is 4.72 Å². The van der Waals surface area contributed by atoms with Gasteiger partial charge in [-0.25, -0.2) is 13.1 Å². The highest BCUT2D eigenvalue weighted by Crippen LogP contribution is 2.20. The standard InChI is InChI=1S/C18H16ClNO2S/c1-13-6-7-14(10-18(13)19)12-20-23(21,22)17-9-8-15-4-2-3-5-16(15)11-17/h2-11,20H,12H2,1H3. The Morgan fingerprint density at radius 1 is 0.957 bits per heavy atom. The van der Waals surface area contributed by atoms with Crippen LogP contribution in [0.5, 0.6) is 0 Å². The van der Waals surface area contributed by atoms with Gasteiger partial charge in [0.1, 0.15) is 0 Å². The lowest BCUT2D eigenvalue weighted by Crippen LogP contribution is -2.23. The molecule has 0 aliphatic carbocycles. The number of nitrogens with one attached hydrogen (secondary N) is 1. The molecule has 1 N–H and O–H groups in total. The zero-order valence-corrected chi connectivity index (χ0v) is 14.2. The molecule has 0 aliphatic heterocycles. The average molecular weight is 346 g/mol. The maximum Gasteiger partial charge on any atom is 0.240 e. The highest BCUT2D eigenvalue weighted by Gasteiger charge is 2.14. The molecule has 0 aliphatic rings. The molecule has 0 amide bonds. The molecule has 0 aromatic heterocycles. The minimum atomic E-state index is -3.57. The van der Waals surface area contributed by atoms with Gasteiger partial charge in [-0.05, 0) is 47.0 Å². The van der Waals surface area contributed by atoms with Crippen LogP contribution in [-0.4, -0.2) is 8.42 Å². The number of sulfonamides is 1. The molecule has 3 rings (SSSR count). The molecule has 3 aromatic carbocycles. The molecule has 0 bridgehead atoms. The van der Waals surface area contributed by atoms with Crippen molar-refractivity contribution in [2.24, 2.45) is 0 Å². The smallest absolute Gasteiger partial charge is 0.207 e. The number of rotatable bonds is 4. The van der Waals surface area contributed by atoms with Gasteiger partial charge in [-0.15, -0.1) is 0 Å². The monoisotopic (exact) mass is 345 g/mol. The number of aryl methyl sites for hydroxylation is 1. The quantitative estimate of drug-likeness (QED) is 0.767. The van der Waals surface area contributed by atoms with E-state index in [1.54, 1.807) is 18.2 Å². The van der Waals surface area contributed by atoms with Crippen LogP contribution in [0.3, 0.4) is 0 Å². The number of hydrogen-bond donors (Lipinski definition) is 1. The minimum Gasteiger partial charge on any atom is -0.207 e. The normalized spacial score (nSPS) is 11.7. The zero-order chi connectivity index (χ0) is 16.4. The lowest BCUT2D eigenvalue weighted by atomic mass is 10.1. The maximum absolute atomic E-state index is 12.5. The first-order chi connectivity index (χ1) is 11.0. The van der Waals surface area contributed by atoms with Gasteiger partial charge >= 0.3 is 0 Å². The number of hydrogen-bond acceptors (Lipinski definition) is 2. The maximum atomic E-state index is 12.5. The van der Waals surface area contributed by atoms with Crippen molar-refractivity contribution in [3.05, 3.63) is 76.8 Å². The van der Waals surface area contributed by atoms with E-state index < -0.39 is 10.0 Å².